The minimum atomic E-state index is -0.129. The Bertz CT molecular complexity index is 516. The number of nitrogens with one attached hydrogen (secondary N) is 2. The summed E-state index contributed by atoms with van der Waals surface area (Å²) in [7, 11) is 0. The van der Waals surface area contributed by atoms with E-state index in [-0.39, 0.29) is 11.9 Å². The first kappa shape index (κ1) is 14.4. The smallest absolute Gasteiger partial charge is 0.243 e. The summed E-state index contributed by atoms with van der Waals surface area (Å²) < 4.78 is 0. The van der Waals surface area contributed by atoms with Gasteiger partial charge in [0.05, 0.1) is 0 Å². The Hall–Kier alpha value is -1.55. The van der Waals surface area contributed by atoms with Crippen molar-refractivity contribution in [2.75, 3.05) is 5.32 Å². The number of hydrogen-bond acceptors (Lipinski definition) is 3. The fourth-order valence-electron chi connectivity index (χ4n) is 3.49. The summed E-state index contributed by atoms with van der Waals surface area (Å²) in [5, 5.41) is 6.60. The first-order valence-corrected chi connectivity index (χ1v) is 7.96. The second-order valence-electron chi connectivity index (χ2n) is 6.57. The highest BCUT2D eigenvalue weighted by Crippen LogP contribution is 2.32. The summed E-state index contributed by atoms with van der Waals surface area (Å²) in [4.78, 5) is 12.5. The summed E-state index contributed by atoms with van der Waals surface area (Å²) in [5.41, 5.74) is 10.8. The molecular formula is C17H25N3O. The maximum absolute atomic E-state index is 12.5. The number of benzene rings is 1. The minimum absolute atomic E-state index is 0.129. The zero-order chi connectivity index (χ0) is 15.0. The van der Waals surface area contributed by atoms with Crippen LogP contribution in [-0.2, 0) is 11.2 Å². The number of carbonyl (C=O) groups is 1. The van der Waals surface area contributed by atoms with E-state index in [0.717, 1.165) is 37.8 Å². The van der Waals surface area contributed by atoms with Crippen molar-refractivity contribution >= 4 is 11.6 Å². The molecule has 1 atom stereocenters. The largest absolute Gasteiger partial charge is 0.373 e. The maximum Gasteiger partial charge on any atom is 0.243 e. The van der Waals surface area contributed by atoms with Gasteiger partial charge in [-0.05, 0) is 56.2 Å². The predicted octanol–water partition coefficient (Wildman–Crippen LogP) is 2.03. The van der Waals surface area contributed by atoms with Crippen LogP contribution in [0.2, 0.25) is 0 Å². The van der Waals surface area contributed by atoms with Crippen molar-refractivity contribution in [3.05, 3.63) is 28.8 Å². The molecule has 1 aliphatic heterocycles. The molecule has 4 heteroatoms. The lowest BCUT2D eigenvalue weighted by Gasteiger charge is -2.27. The molecule has 0 aromatic heterocycles. The van der Waals surface area contributed by atoms with E-state index >= 15 is 0 Å². The molecule has 0 spiro atoms. The standard InChI is InChI=1S/C17H25N3O/c1-10-3-4-11(2)16-14(10)9-15(20-16)17(21)19-13-7-5-12(18)6-8-13/h3-4,12-13,15,20H,5-9,18H2,1-2H3,(H,19,21)/t12-,13-,15?. The van der Waals surface area contributed by atoms with Gasteiger partial charge >= 0.3 is 0 Å². The van der Waals surface area contributed by atoms with Gasteiger partial charge in [-0.1, -0.05) is 12.1 Å². The van der Waals surface area contributed by atoms with Crippen LogP contribution in [0.4, 0.5) is 5.69 Å². The molecule has 1 fully saturated rings. The Balaban J connectivity index is 1.63. The molecule has 4 nitrogen and oxygen atoms in total. The second kappa shape index (κ2) is 5.68. The van der Waals surface area contributed by atoms with Crippen molar-refractivity contribution in [1.29, 1.82) is 0 Å². The van der Waals surface area contributed by atoms with E-state index in [0.29, 0.717) is 12.1 Å². The van der Waals surface area contributed by atoms with Gasteiger partial charge in [0.25, 0.3) is 0 Å². The summed E-state index contributed by atoms with van der Waals surface area (Å²) in [6, 6.07) is 4.74. The Labute approximate surface area is 126 Å². The van der Waals surface area contributed by atoms with Crippen LogP contribution < -0.4 is 16.4 Å². The molecule has 0 radical (unpaired) electrons. The molecule has 1 aromatic rings. The van der Waals surface area contributed by atoms with Crippen LogP contribution in [0, 0.1) is 13.8 Å². The van der Waals surface area contributed by atoms with Crippen LogP contribution >= 0.6 is 0 Å². The molecule has 3 rings (SSSR count). The zero-order valence-corrected chi connectivity index (χ0v) is 12.9. The van der Waals surface area contributed by atoms with Gasteiger partial charge in [-0.25, -0.2) is 0 Å². The van der Waals surface area contributed by atoms with Crippen LogP contribution in [0.5, 0.6) is 0 Å². The number of aryl methyl sites for hydroxylation is 2. The lowest BCUT2D eigenvalue weighted by Crippen LogP contribution is -2.46. The lowest BCUT2D eigenvalue weighted by atomic mass is 9.91. The van der Waals surface area contributed by atoms with E-state index in [4.69, 9.17) is 5.73 Å². The number of fused-ring (bicyclic) bond motifs is 1. The van der Waals surface area contributed by atoms with Crippen molar-refractivity contribution in [2.45, 2.75) is 64.1 Å². The summed E-state index contributed by atoms with van der Waals surface area (Å²) in [6.45, 7) is 4.21. The number of amides is 1. The van der Waals surface area contributed by atoms with Crippen molar-refractivity contribution in [3.8, 4) is 0 Å². The van der Waals surface area contributed by atoms with Crippen LogP contribution in [0.1, 0.15) is 42.4 Å². The van der Waals surface area contributed by atoms with Gasteiger partial charge < -0.3 is 16.4 Å². The molecule has 21 heavy (non-hydrogen) atoms. The topological polar surface area (TPSA) is 67.2 Å². The SMILES string of the molecule is Cc1ccc(C)c2c1CC(C(=O)N[C@H]1CC[C@H](N)CC1)N2. The molecule has 0 bridgehead atoms. The Morgan fingerprint density at radius 2 is 1.86 bits per heavy atom. The van der Waals surface area contributed by atoms with Crippen molar-refractivity contribution in [3.63, 3.8) is 0 Å². The monoisotopic (exact) mass is 287 g/mol. The van der Waals surface area contributed by atoms with E-state index in [1.54, 1.807) is 0 Å². The van der Waals surface area contributed by atoms with Gasteiger partial charge in [0.2, 0.25) is 5.91 Å². The van der Waals surface area contributed by atoms with Gasteiger partial charge in [0.15, 0.2) is 0 Å². The normalized spacial score (nSPS) is 27.9. The number of rotatable bonds is 2. The summed E-state index contributed by atoms with van der Waals surface area (Å²) in [5.74, 6) is 0.130. The molecule has 1 unspecified atom stereocenters. The highest BCUT2D eigenvalue weighted by atomic mass is 16.2. The van der Waals surface area contributed by atoms with Crippen LogP contribution in [0.25, 0.3) is 0 Å². The fourth-order valence-corrected chi connectivity index (χ4v) is 3.49. The summed E-state index contributed by atoms with van der Waals surface area (Å²) >= 11 is 0. The quantitative estimate of drug-likeness (QED) is 0.779. The highest BCUT2D eigenvalue weighted by Gasteiger charge is 2.30. The van der Waals surface area contributed by atoms with E-state index in [2.05, 4.69) is 36.6 Å². The number of nitrogens with two attached hydrogens (primary N) is 1. The van der Waals surface area contributed by atoms with Gasteiger partial charge in [-0.3, -0.25) is 4.79 Å². The average molecular weight is 287 g/mol. The summed E-state index contributed by atoms with van der Waals surface area (Å²) in [6.07, 6.45) is 4.83. The van der Waals surface area contributed by atoms with Crippen molar-refractivity contribution < 1.29 is 4.79 Å². The molecule has 1 saturated carbocycles. The van der Waals surface area contributed by atoms with E-state index in [1.807, 2.05) is 0 Å². The van der Waals surface area contributed by atoms with E-state index in [1.165, 1.54) is 16.7 Å². The second-order valence-corrected chi connectivity index (χ2v) is 6.57. The molecule has 1 aromatic carbocycles. The molecule has 1 aliphatic carbocycles. The Kier molecular flexibility index (Phi) is 3.89. The molecule has 1 heterocycles. The molecule has 4 N–H and O–H groups in total. The van der Waals surface area contributed by atoms with Crippen molar-refractivity contribution in [1.82, 2.24) is 5.32 Å². The van der Waals surface area contributed by atoms with Gasteiger partial charge in [0.1, 0.15) is 6.04 Å². The average Bonchev–Trinajstić information content (AvgIpc) is 2.92. The zero-order valence-electron chi connectivity index (χ0n) is 12.9. The third-order valence-electron chi connectivity index (χ3n) is 4.92. The van der Waals surface area contributed by atoms with Crippen LogP contribution in [0.15, 0.2) is 12.1 Å². The maximum atomic E-state index is 12.5. The Morgan fingerprint density at radius 3 is 2.52 bits per heavy atom. The Morgan fingerprint density at radius 1 is 1.19 bits per heavy atom. The third kappa shape index (κ3) is 2.91. The molecular weight excluding hydrogens is 262 g/mol. The predicted molar refractivity (Wildman–Crippen MR) is 85.4 cm³/mol. The first-order valence-electron chi connectivity index (χ1n) is 7.96. The minimum Gasteiger partial charge on any atom is -0.373 e. The van der Waals surface area contributed by atoms with Crippen LogP contribution in [0.3, 0.4) is 0 Å². The first-order chi connectivity index (χ1) is 10.0. The highest BCUT2D eigenvalue weighted by molar-refractivity contribution is 5.88. The van der Waals surface area contributed by atoms with Crippen LogP contribution in [-0.4, -0.2) is 24.0 Å². The van der Waals surface area contributed by atoms with E-state index < -0.39 is 0 Å². The van der Waals surface area contributed by atoms with Gasteiger partial charge in [-0.2, -0.15) is 0 Å². The third-order valence-corrected chi connectivity index (χ3v) is 4.92. The molecule has 0 saturated heterocycles. The molecule has 2 aliphatic rings. The number of anilines is 1. The lowest BCUT2D eigenvalue weighted by molar-refractivity contribution is -0.122. The molecule has 1 amide bonds. The van der Waals surface area contributed by atoms with Gasteiger partial charge in [0, 0.05) is 24.2 Å². The fraction of sp³-hybridized carbons (Fsp3) is 0.588. The van der Waals surface area contributed by atoms with E-state index in [9.17, 15) is 4.79 Å². The van der Waals surface area contributed by atoms with Crippen molar-refractivity contribution in [2.24, 2.45) is 5.73 Å². The number of carbonyl (C=O) groups excluding carboxylic acids is 1. The van der Waals surface area contributed by atoms with Gasteiger partial charge in [-0.15, -0.1) is 0 Å². The molecule has 114 valence electrons. The number of hydrogen-bond donors (Lipinski definition) is 3.